The molecule has 60 valence electrons. The van der Waals surface area contributed by atoms with Crippen LogP contribution in [0.5, 0.6) is 0 Å². The van der Waals surface area contributed by atoms with E-state index in [1.807, 2.05) is 4.90 Å². The zero-order valence-electron chi connectivity index (χ0n) is 6.32. The normalized spacial score (nSPS) is 42.5. The second kappa shape index (κ2) is 2.41. The van der Waals surface area contributed by atoms with Crippen LogP contribution < -0.4 is 0 Å². The summed E-state index contributed by atoms with van der Waals surface area (Å²) < 4.78 is 0. The van der Waals surface area contributed by atoms with Crippen molar-refractivity contribution in [3.05, 3.63) is 0 Å². The average Bonchev–Trinajstić information content (AvgIpc) is 2.06. The summed E-state index contributed by atoms with van der Waals surface area (Å²) in [4.78, 5) is 23.8. The molecule has 0 aromatic rings. The molecule has 1 unspecified atom stereocenters. The van der Waals surface area contributed by atoms with Crippen LogP contribution in [0.4, 0.5) is 0 Å². The molecule has 0 aliphatic carbocycles. The van der Waals surface area contributed by atoms with Crippen molar-refractivity contribution in [2.24, 2.45) is 5.92 Å². The number of nitrogens with zero attached hydrogens (tertiary/aromatic N) is 1. The van der Waals surface area contributed by atoms with Crippen LogP contribution in [0.1, 0.15) is 12.8 Å². The largest absolute Gasteiger partial charge is 0.301 e. The van der Waals surface area contributed by atoms with E-state index in [-0.39, 0.29) is 11.7 Å². The Labute approximate surface area is 65.4 Å². The van der Waals surface area contributed by atoms with E-state index < -0.39 is 6.04 Å². The van der Waals surface area contributed by atoms with Crippen molar-refractivity contribution in [2.75, 3.05) is 13.1 Å². The van der Waals surface area contributed by atoms with Crippen molar-refractivity contribution in [2.45, 2.75) is 18.9 Å². The van der Waals surface area contributed by atoms with Crippen molar-refractivity contribution < 1.29 is 9.59 Å². The number of hydrogen-bond donors (Lipinski definition) is 0. The molecule has 3 heteroatoms. The Morgan fingerprint density at radius 1 is 1.36 bits per heavy atom. The van der Waals surface area contributed by atoms with Gasteiger partial charge in [-0.15, -0.1) is 0 Å². The Kier molecular flexibility index (Phi) is 1.53. The Morgan fingerprint density at radius 2 is 2.00 bits per heavy atom. The molecule has 0 saturated carbocycles. The number of ketones is 1. The second-order valence-corrected chi connectivity index (χ2v) is 3.29. The highest BCUT2D eigenvalue weighted by atomic mass is 16.1. The summed E-state index contributed by atoms with van der Waals surface area (Å²) in [7, 11) is 0. The van der Waals surface area contributed by atoms with Gasteiger partial charge in [0.15, 0.2) is 5.78 Å². The smallest absolute Gasteiger partial charge is 0.160 e. The van der Waals surface area contributed by atoms with Gasteiger partial charge in [-0.3, -0.25) is 9.69 Å². The van der Waals surface area contributed by atoms with E-state index >= 15 is 0 Å². The van der Waals surface area contributed by atoms with Crippen molar-refractivity contribution in [1.82, 2.24) is 4.90 Å². The highest BCUT2D eigenvalue weighted by Gasteiger charge is 2.40. The van der Waals surface area contributed by atoms with Crippen LogP contribution in [0, 0.1) is 5.92 Å². The Hall–Kier alpha value is -0.700. The van der Waals surface area contributed by atoms with E-state index in [2.05, 4.69) is 0 Å². The summed E-state index contributed by atoms with van der Waals surface area (Å²) >= 11 is 0. The summed E-state index contributed by atoms with van der Waals surface area (Å²) in [5, 5.41) is 0. The lowest BCUT2D eigenvalue weighted by molar-refractivity contribution is -0.140. The predicted molar refractivity (Wildman–Crippen MR) is 39.2 cm³/mol. The highest BCUT2D eigenvalue weighted by molar-refractivity contribution is 5.99. The van der Waals surface area contributed by atoms with Crippen molar-refractivity contribution in [3.8, 4) is 0 Å². The summed E-state index contributed by atoms with van der Waals surface area (Å²) in [5.74, 6) is 0.340. The Bertz CT molecular complexity index is 194. The summed E-state index contributed by atoms with van der Waals surface area (Å²) in [6.45, 7) is 1.86. The van der Waals surface area contributed by atoms with Gasteiger partial charge in [0.25, 0.3) is 0 Å². The van der Waals surface area contributed by atoms with Gasteiger partial charge in [-0.05, 0) is 25.9 Å². The first-order valence-corrected chi connectivity index (χ1v) is 4.06. The molecule has 3 aliphatic heterocycles. The molecule has 0 radical (unpaired) electrons. The first kappa shape index (κ1) is 6.98. The van der Waals surface area contributed by atoms with Gasteiger partial charge in [0.1, 0.15) is 12.3 Å². The number of rotatable bonds is 1. The lowest BCUT2D eigenvalue weighted by Crippen LogP contribution is -2.56. The first-order chi connectivity index (χ1) is 5.33. The zero-order chi connectivity index (χ0) is 7.84. The SMILES string of the molecule is O=CC1C(=O)C2CCN1CC2. The van der Waals surface area contributed by atoms with E-state index in [1.165, 1.54) is 0 Å². The molecular weight excluding hydrogens is 142 g/mol. The lowest BCUT2D eigenvalue weighted by Gasteiger charge is -2.41. The van der Waals surface area contributed by atoms with Crippen LogP contribution >= 0.6 is 0 Å². The van der Waals surface area contributed by atoms with Gasteiger partial charge >= 0.3 is 0 Å². The van der Waals surface area contributed by atoms with Gasteiger partial charge in [-0.1, -0.05) is 0 Å². The van der Waals surface area contributed by atoms with Gasteiger partial charge < -0.3 is 4.79 Å². The van der Waals surface area contributed by atoms with Gasteiger partial charge in [-0.25, -0.2) is 0 Å². The lowest BCUT2D eigenvalue weighted by atomic mass is 9.82. The molecule has 3 rings (SSSR count). The quantitative estimate of drug-likeness (QED) is 0.388. The molecule has 3 heterocycles. The van der Waals surface area contributed by atoms with Gasteiger partial charge in [0.05, 0.1) is 0 Å². The maximum atomic E-state index is 11.3. The van der Waals surface area contributed by atoms with Crippen LogP contribution in [-0.2, 0) is 9.59 Å². The zero-order valence-corrected chi connectivity index (χ0v) is 6.32. The fraction of sp³-hybridized carbons (Fsp3) is 0.750. The minimum Gasteiger partial charge on any atom is -0.301 e. The molecule has 2 bridgehead atoms. The van der Waals surface area contributed by atoms with E-state index in [0.717, 1.165) is 32.2 Å². The van der Waals surface area contributed by atoms with Gasteiger partial charge in [0.2, 0.25) is 0 Å². The van der Waals surface area contributed by atoms with Crippen LogP contribution in [0.25, 0.3) is 0 Å². The molecular formula is C8H11NO2. The maximum absolute atomic E-state index is 11.3. The van der Waals surface area contributed by atoms with Crippen molar-refractivity contribution >= 4 is 12.1 Å². The van der Waals surface area contributed by atoms with Crippen molar-refractivity contribution in [3.63, 3.8) is 0 Å². The minimum absolute atomic E-state index is 0.150. The molecule has 3 nitrogen and oxygen atoms in total. The van der Waals surface area contributed by atoms with E-state index in [1.54, 1.807) is 0 Å². The second-order valence-electron chi connectivity index (χ2n) is 3.29. The molecule has 0 aromatic carbocycles. The van der Waals surface area contributed by atoms with Gasteiger partial charge in [-0.2, -0.15) is 0 Å². The van der Waals surface area contributed by atoms with Gasteiger partial charge in [0, 0.05) is 5.92 Å². The summed E-state index contributed by atoms with van der Waals surface area (Å²) in [6, 6.07) is -0.400. The molecule has 11 heavy (non-hydrogen) atoms. The summed E-state index contributed by atoms with van der Waals surface area (Å²) in [6.07, 6.45) is 2.71. The molecule has 1 atom stereocenters. The van der Waals surface area contributed by atoms with E-state index in [4.69, 9.17) is 0 Å². The highest BCUT2D eigenvalue weighted by Crippen LogP contribution is 2.27. The molecule has 0 N–H and O–H groups in total. The monoisotopic (exact) mass is 153 g/mol. The molecule has 0 amide bonds. The third-order valence-corrected chi connectivity index (χ3v) is 2.75. The molecule has 0 aromatic heterocycles. The number of aldehydes is 1. The fourth-order valence-corrected chi connectivity index (χ4v) is 2.04. The molecule has 3 saturated heterocycles. The number of hydrogen-bond acceptors (Lipinski definition) is 3. The van der Waals surface area contributed by atoms with Crippen LogP contribution in [0.15, 0.2) is 0 Å². The molecule has 0 spiro atoms. The topological polar surface area (TPSA) is 37.4 Å². The maximum Gasteiger partial charge on any atom is 0.160 e. The molecule has 3 aliphatic rings. The standard InChI is InChI=1S/C8H11NO2/c10-5-7-8(11)6-1-3-9(7)4-2-6/h5-7H,1-4H2. The third kappa shape index (κ3) is 0.913. The van der Waals surface area contributed by atoms with Crippen LogP contribution in [0.2, 0.25) is 0 Å². The average molecular weight is 153 g/mol. The number of piperidine rings is 3. The third-order valence-electron chi connectivity index (χ3n) is 2.75. The number of Topliss-reactive ketones (excluding diaryl/α,β-unsaturated/α-hetero) is 1. The van der Waals surface area contributed by atoms with Crippen LogP contribution in [-0.4, -0.2) is 36.1 Å². The predicted octanol–water partition coefficient (Wildman–Crippen LogP) is -0.151. The summed E-state index contributed by atoms with van der Waals surface area (Å²) in [5.41, 5.74) is 0. The van der Waals surface area contributed by atoms with Crippen LogP contribution in [0.3, 0.4) is 0 Å². The number of carbonyl (C=O) groups excluding carboxylic acids is 2. The Balaban J connectivity index is 2.22. The first-order valence-electron chi connectivity index (χ1n) is 4.06. The number of carbonyl (C=O) groups is 2. The van der Waals surface area contributed by atoms with E-state index in [0.29, 0.717) is 0 Å². The van der Waals surface area contributed by atoms with Crippen molar-refractivity contribution in [1.29, 1.82) is 0 Å². The minimum atomic E-state index is -0.400. The number of fused-ring (bicyclic) bond motifs is 3. The Morgan fingerprint density at radius 3 is 2.36 bits per heavy atom. The fourth-order valence-electron chi connectivity index (χ4n) is 2.04. The van der Waals surface area contributed by atoms with E-state index in [9.17, 15) is 9.59 Å². The molecule has 3 fully saturated rings.